The van der Waals surface area contributed by atoms with Crippen LogP contribution in [0.15, 0.2) is 74.2 Å². The number of aromatic nitrogens is 1. The summed E-state index contributed by atoms with van der Waals surface area (Å²) in [5.41, 5.74) is 4.16. The van der Waals surface area contributed by atoms with Crippen molar-refractivity contribution in [2.75, 3.05) is 0 Å². The lowest BCUT2D eigenvalue weighted by atomic mass is 10.0. The van der Waals surface area contributed by atoms with Crippen LogP contribution < -0.4 is 14.9 Å². The first kappa shape index (κ1) is 20.9. The van der Waals surface area contributed by atoms with Crippen LogP contribution in [0.5, 0.6) is 0 Å². The molecule has 2 aromatic carbocycles. The van der Waals surface area contributed by atoms with Gasteiger partial charge in [0, 0.05) is 10.6 Å². The van der Waals surface area contributed by atoms with Crippen LogP contribution in [-0.4, -0.2) is 4.57 Å². The molecule has 31 heavy (non-hydrogen) atoms. The molecule has 0 radical (unpaired) electrons. The first-order valence-corrected chi connectivity index (χ1v) is 12.7. The monoisotopic (exact) mass is 482 g/mol. The molecule has 156 valence electrons. The van der Waals surface area contributed by atoms with Gasteiger partial charge < -0.3 is 0 Å². The van der Waals surface area contributed by atoms with Gasteiger partial charge in [-0.25, -0.2) is 4.99 Å². The normalized spacial score (nSPS) is 18.1. The van der Waals surface area contributed by atoms with Crippen molar-refractivity contribution in [2.45, 2.75) is 26.8 Å². The summed E-state index contributed by atoms with van der Waals surface area (Å²) >= 11 is 11.0. The molecule has 5 rings (SSSR count). The van der Waals surface area contributed by atoms with Crippen LogP contribution in [-0.2, 0) is 0 Å². The zero-order valence-electron chi connectivity index (χ0n) is 17.2. The standard InChI is InChI=1S/C24H19ClN2OS3/c1-13-4-6-16(7-5-13)19-12-20(17-8-10-18(25)11-9-17)27-22(28)21(31-24(27)26-19)23-29-14(2)15(3)30-23/h4-12,20H,1-3H3/t20-/m1/s1. The number of aryl methyl sites for hydroxylation is 1. The summed E-state index contributed by atoms with van der Waals surface area (Å²) in [5.74, 6) is 0. The Morgan fingerprint density at radius 2 is 1.58 bits per heavy atom. The van der Waals surface area contributed by atoms with Crippen LogP contribution >= 0.6 is 46.5 Å². The summed E-state index contributed by atoms with van der Waals surface area (Å²) in [5, 5.41) is 0.678. The number of halogens is 1. The van der Waals surface area contributed by atoms with Gasteiger partial charge in [-0.1, -0.05) is 88.4 Å². The van der Waals surface area contributed by atoms with E-state index in [1.165, 1.54) is 26.7 Å². The molecule has 0 bridgehead atoms. The highest BCUT2D eigenvalue weighted by Gasteiger charge is 2.25. The first-order chi connectivity index (χ1) is 14.9. The second kappa shape index (κ2) is 8.17. The Hall–Kier alpha value is -1.99. The lowest BCUT2D eigenvalue weighted by Crippen LogP contribution is -2.36. The van der Waals surface area contributed by atoms with Gasteiger partial charge in [0.15, 0.2) is 4.80 Å². The summed E-state index contributed by atoms with van der Waals surface area (Å²) in [4.78, 5) is 21.7. The van der Waals surface area contributed by atoms with Gasteiger partial charge in [0.1, 0.15) is 4.53 Å². The van der Waals surface area contributed by atoms with Crippen LogP contribution in [0.4, 0.5) is 0 Å². The van der Waals surface area contributed by atoms with Crippen LogP contribution in [0.3, 0.4) is 0 Å². The molecule has 0 fully saturated rings. The number of thioether (sulfide) groups is 2. The second-order valence-electron chi connectivity index (χ2n) is 7.52. The molecule has 3 aromatic rings. The lowest BCUT2D eigenvalue weighted by Gasteiger charge is -2.19. The van der Waals surface area contributed by atoms with Crippen molar-refractivity contribution in [3.8, 4) is 0 Å². The lowest BCUT2D eigenvalue weighted by molar-refractivity contribution is 0.644. The molecular formula is C24H19ClN2OS3. The number of nitrogens with zero attached hydrogens (tertiary/aromatic N) is 2. The fourth-order valence-corrected chi connectivity index (χ4v) is 7.41. The van der Waals surface area contributed by atoms with Crippen molar-refractivity contribution in [1.82, 2.24) is 4.57 Å². The van der Waals surface area contributed by atoms with Gasteiger partial charge in [-0.05, 0) is 54.4 Å². The van der Waals surface area contributed by atoms with E-state index in [9.17, 15) is 4.79 Å². The third kappa shape index (κ3) is 3.87. The highest BCUT2D eigenvalue weighted by atomic mass is 35.5. The van der Waals surface area contributed by atoms with Crippen molar-refractivity contribution in [2.24, 2.45) is 4.99 Å². The number of hydrogen-bond acceptors (Lipinski definition) is 5. The molecule has 0 unspecified atom stereocenters. The fraction of sp³-hybridized carbons (Fsp3) is 0.167. The zero-order valence-corrected chi connectivity index (χ0v) is 20.4. The van der Waals surface area contributed by atoms with E-state index in [2.05, 4.69) is 51.1 Å². The maximum absolute atomic E-state index is 13.5. The number of benzene rings is 2. The Bertz CT molecular complexity index is 1410. The molecule has 1 aromatic heterocycles. The minimum atomic E-state index is -0.231. The van der Waals surface area contributed by atoms with Crippen molar-refractivity contribution in [3.63, 3.8) is 0 Å². The van der Waals surface area contributed by atoms with Gasteiger partial charge in [-0.2, -0.15) is 0 Å². The van der Waals surface area contributed by atoms with Crippen LogP contribution in [0.1, 0.15) is 36.6 Å². The smallest absolute Gasteiger partial charge is 0.272 e. The van der Waals surface area contributed by atoms with E-state index in [1.54, 1.807) is 23.5 Å². The number of hydrogen-bond donors (Lipinski definition) is 0. The van der Waals surface area contributed by atoms with Gasteiger partial charge in [0.2, 0.25) is 0 Å². The quantitative estimate of drug-likeness (QED) is 0.453. The topological polar surface area (TPSA) is 34.4 Å². The first-order valence-electron chi connectivity index (χ1n) is 9.82. The maximum Gasteiger partial charge on any atom is 0.272 e. The summed E-state index contributed by atoms with van der Waals surface area (Å²) in [7, 11) is 0. The molecule has 2 aliphatic rings. The van der Waals surface area contributed by atoms with E-state index in [4.69, 9.17) is 16.6 Å². The summed E-state index contributed by atoms with van der Waals surface area (Å²) in [6, 6.07) is 15.8. The van der Waals surface area contributed by atoms with E-state index < -0.39 is 0 Å². The highest BCUT2D eigenvalue weighted by Crippen LogP contribution is 2.48. The zero-order chi connectivity index (χ0) is 21.7. The summed E-state index contributed by atoms with van der Waals surface area (Å²) in [6.45, 7) is 6.27. The number of thiazole rings is 1. The van der Waals surface area contributed by atoms with Crippen LogP contribution in [0.2, 0.25) is 5.02 Å². The van der Waals surface area contributed by atoms with E-state index in [0.717, 1.165) is 30.4 Å². The molecule has 2 aliphatic heterocycles. The second-order valence-corrected chi connectivity index (χ2v) is 11.6. The molecule has 0 aliphatic carbocycles. The molecular weight excluding hydrogens is 464 g/mol. The maximum atomic E-state index is 13.5. The van der Waals surface area contributed by atoms with Gasteiger partial charge in [0.05, 0.1) is 16.0 Å². The van der Waals surface area contributed by atoms with Gasteiger partial charge >= 0.3 is 0 Å². The molecule has 1 atom stereocenters. The fourth-order valence-electron chi connectivity index (χ4n) is 3.52. The Kier molecular flexibility index (Phi) is 5.51. The molecule has 3 nitrogen and oxygen atoms in total. The predicted molar refractivity (Wildman–Crippen MR) is 135 cm³/mol. The van der Waals surface area contributed by atoms with Gasteiger partial charge in [0.25, 0.3) is 5.56 Å². The van der Waals surface area contributed by atoms with Crippen molar-refractivity contribution in [3.05, 3.63) is 106 Å². The average molecular weight is 483 g/mol. The third-order valence-electron chi connectivity index (χ3n) is 5.35. The Morgan fingerprint density at radius 1 is 0.935 bits per heavy atom. The van der Waals surface area contributed by atoms with E-state index in [1.807, 2.05) is 28.8 Å². The minimum absolute atomic E-state index is 0.0143. The third-order valence-corrected chi connectivity index (χ3v) is 9.55. The summed E-state index contributed by atoms with van der Waals surface area (Å²) in [6.07, 6.45) is 2.08. The van der Waals surface area contributed by atoms with E-state index >= 15 is 0 Å². The number of allylic oxidation sites excluding steroid dienone is 3. The van der Waals surface area contributed by atoms with Gasteiger partial charge in [-0.15, -0.1) is 0 Å². The predicted octanol–water partition coefficient (Wildman–Crippen LogP) is 5.93. The molecule has 7 heteroatoms. The Balaban J connectivity index is 1.74. The average Bonchev–Trinajstić information content (AvgIpc) is 3.27. The largest absolute Gasteiger partial charge is 0.272 e. The number of fused-ring (bicyclic) bond motifs is 1. The molecule has 0 N–H and O–H groups in total. The Morgan fingerprint density at radius 3 is 2.23 bits per heavy atom. The van der Waals surface area contributed by atoms with Crippen LogP contribution in [0.25, 0.3) is 9.93 Å². The molecule has 0 saturated carbocycles. The molecule has 0 saturated heterocycles. The SMILES string of the molecule is CC1=C(C)SC(=c2sc3n(c2=O)[C@@H](c2ccc(Cl)cc2)C=C(c2ccc(C)cc2)N=3)S1. The van der Waals surface area contributed by atoms with E-state index in [0.29, 0.717) is 5.02 Å². The van der Waals surface area contributed by atoms with Crippen molar-refractivity contribution >= 4 is 56.4 Å². The van der Waals surface area contributed by atoms with Gasteiger partial charge in [-0.3, -0.25) is 9.36 Å². The molecule has 0 spiro atoms. The molecule has 0 amide bonds. The minimum Gasteiger partial charge on any atom is -0.272 e. The summed E-state index contributed by atoms with van der Waals surface area (Å²) < 4.78 is 3.63. The van der Waals surface area contributed by atoms with Crippen LogP contribution in [0, 0.1) is 6.92 Å². The Labute approximate surface area is 197 Å². The van der Waals surface area contributed by atoms with Crippen molar-refractivity contribution < 1.29 is 0 Å². The molecule has 3 heterocycles. The highest BCUT2D eigenvalue weighted by molar-refractivity contribution is 8.35. The van der Waals surface area contributed by atoms with E-state index in [-0.39, 0.29) is 11.6 Å². The number of rotatable bonds is 2. The van der Waals surface area contributed by atoms with Crippen molar-refractivity contribution in [1.29, 1.82) is 0 Å².